The van der Waals surface area contributed by atoms with E-state index in [0.29, 0.717) is 48.8 Å². The van der Waals surface area contributed by atoms with Crippen molar-refractivity contribution in [3.63, 3.8) is 0 Å². The first-order valence-corrected chi connectivity index (χ1v) is 10.2. The van der Waals surface area contributed by atoms with Gasteiger partial charge in [0.1, 0.15) is 11.9 Å². The number of ether oxygens (including phenoxy) is 1. The van der Waals surface area contributed by atoms with Crippen molar-refractivity contribution < 1.29 is 13.9 Å². The van der Waals surface area contributed by atoms with Crippen molar-refractivity contribution in [3.05, 3.63) is 46.9 Å². The molecule has 0 saturated carbocycles. The molecular weight excluding hydrogens is 419 g/mol. The molecule has 1 N–H and O–H groups in total. The SMILES string of the molecule is [C-]#[N+]C(C#N)C1([N+]#[C-])CCN(c2ccc(N3C[C@H](CNC(C)=S)OC3=O)cc2F)CC1. The molecule has 0 bridgehead atoms. The number of benzene rings is 1. The lowest BCUT2D eigenvalue weighted by molar-refractivity contribution is 0.143. The van der Waals surface area contributed by atoms with Crippen LogP contribution in [0.4, 0.5) is 20.6 Å². The van der Waals surface area contributed by atoms with E-state index in [9.17, 15) is 14.4 Å². The first-order valence-electron chi connectivity index (χ1n) is 9.75. The molecule has 10 heteroatoms. The summed E-state index contributed by atoms with van der Waals surface area (Å²) in [7, 11) is 0. The van der Waals surface area contributed by atoms with E-state index in [1.807, 2.05) is 6.07 Å². The molecule has 31 heavy (non-hydrogen) atoms. The van der Waals surface area contributed by atoms with Gasteiger partial charge in [-0.2, -0.15) is 5.26 Å². The van der Waals surface area contributed by atoms with Gasteiger partial charge in [0.25, 0.3) is 0 Å². The number of nitrogens with zero attached hydrogens (tertiary/aromatic N) is 5. The zero-order valence-corrected chi connectivity index (χ0v) is 17.8. The highest BCUT2D eigenvalue weighted by Crippen LogP contribution is 2.35. The van der Waals surface area contributed by atoms with E-state index in [4.69, 9.17) is 30.1 Å². The van der Waals surface area contributed by atoms with Crippen molar-refractivity contribution in [3.8, 4) is 6.07 Å². The molecule has 1 aromatic rings. The van der Waals surface area contributed by atoms with Gasteiger partial charge in [0.15, 0.2) is 6.07 Å². The van der Waals surface area contributed by atoms with Crippen LogP contribution in [-0.2, 0) is 4.74 Å². The molecule has 2 aliphatic rings. The van der Waals surface area contributed by atoms with E-state index in [1.165, 1.54) is 11.0 Å². The lowest BCUT2D eigenvalue weighted by Crippen LogP contribution is -2.48. The van der Waals surface area contributed by atoms with Crippen molar-refractivity contribution in [1.29, 1.82) is 5.26 Å². The van der Waals surface area contributed by atoms with Gasteiger partial charge >= 0.3 is 17.7 Å². The Morgan fingerprint density at radius 2 is 2.19 bits per heavy atom. The predicted molar refractivity (Wildman–Crippen MR) is 117 cm³/mol. The number of anilines is 2. The van der Waals surface area contributed by atoms with E-state index >= 15 is 0 Å². The predicted octanol–water partition coefficient (Wildman–Crippen LogP) is 3.16. The van der Waals surface area contributed by atoms with Gasteiger partial charge in [-0.05, 0) is 25.1 Å². The maximum atomic E-state index is 14.9. The lowest BCUT2D eigenvalue weighted by atomic mass is 9.82. The van der Waals surface area contributed by atoms with E-state index in [-0.39, 0.29) is 12.6 Å². The zero-order chi connectivity index (χ0) is 22.6. The van der Waals surface area contributed by atoms with Crippen LogP contribution in [0.2, 0.25) is 0 Å². The maximum Gasteiger partial charge on any atom is 0.414 e. The third kappa shape index (κ3) is 4.52. The number of carbonyl (C=O) groups is 1. The molecular formula is C21H21FN6O2S. The number of cyclic esters (lactones) is 1. The van der Waals surface area contributed by atoms with Crippen molar-refractivity contribution >= 4 is 34.7 Å². The van der Waals surface area contributed by atoms with Crippen LogP contribution in [-0.4, -0.2) is 54.9 Å². The highest BCUT2D eigenvalue weighted by molar-refractivity contribution is 7.80. The molecule has 2 heterocycles. The topological polar surface area (TPSA) is 77.3 Å². The normalized spacial score (nSPS) is 20.7. The second-order valence-electron chi connectivity index (χ2n) is 7.55. The van der Waals surface area contributed by atoms with E-state index in [1.54, 1.807) is 24.0 Å². The van der Waals surface area contributed by atoms with Gasteiger partial charge in [-0.1, -0.05) is 12.2 Å². The van der Waals surface area contributed by atoms with Crippen LogP contribution >= 0.6 is 12.2 Å². The highest BCUT2D eigenvalue weighted by Gasteiger charge is 2.53. The first kappa shape index (κ1) is 22.3. The van der Waals surface area contributed by atoms with Gasteiger partial charge in [-0.15, -0.1) is 0 Å². The maximum absolute atomic E-state index is 14.9. The second-order valence-corrected chi connectivity index (χ2v) is 8.16. The van der Waals surface area contributed by atoms with Crippen LogP contribution in [0.25, 0.3) is 9.69 Å². The number of nitrogens with one attached hydrogen (secondary N) is 1. The Bertz CT molecular complexity index is 989. The summed E-state index contributed by atoms with van der Waals surface area (Å²) in [4.78, 5) is 22.9. The molecule has 0 radical (unpaired) electrons. The number of carbonyl (C=O) groups excluding carboxylic acids is 1. The molecule has 0 spiro atoms. The molecule has 1 amide bonds. The van der Waals surface area contributed by atoms with Crippen LogP contribution in [0.3, 0.4) is 0 Å². The van der Waals surface area contributed by atoms with Crippen LogP contribution < -0.4 is 15.1 Å². The standard InChI is InChI=1S/C21H21FN6O2S/c1-14(31)26-12-16-13-28(20(29)30-16)15-4-5-18(17(22)10-15)27-8-6-21(25-3,7-9-27)19(11-23)24-2/h4-5,10,16,19H,6-9,12-13H2,1H3,(H,26,31)/t16-,19?/m0/s1. The molecule has 160 valence electrons. The Morgan fingerprint density at radius 1 is 1.48 bits per heavy atom. The summed E-state index contributed by atoms with van der Waals surface area (Å²) < 4.78 is 20.2. The van der Waals surface area contributed by atoms with Crippen LogP contribution in [0.15, 0.2) is 18.2 Å². The summed E-state index contributed by atoms with van der Waals surface area (Å²) in [6, 6.07) is 5.46. The van der Waals surface area contributed by atoms with Crippen LogP contribution in [0, 0.1) is 30.3 Å². The number of thiocarbonyl (C=S) groups is 1. The summed E-state index contributed by atoms with van der Waals surface area (Å²) in [5.74, 6) is -0.487. The third-order valence-corrected chi connectivity index (χ3v) is 5.79. The first-order chi connectivity index (χ1) is 14.8. The molecule has 1 aromatic carbocycles. The van der Waals surface area contributed by atoms with Gasteiger partial charge in [-0.3, -0.25) is 9.74 Å². The smallest absolute Gasteiger partial charge is 0.414 e. The van der Waals surface area contributed by atoms with Crippen LogP contribution in [0.1, 0.15) is 19.8 Å². The average molecular weight is 441 g/mol. The van der Waals surface area contributed by atoms with Crippen molar-refractivity contribution in [2.75, 3.05) is 36.0 Å². The molecule has 8 nitrogen and oxygen atoms in total. The average Bonchev–Trinajstić information content (AvgIpc) is 3.14. The Balaban J connectivity index is 1.69. The number of rotatable bonds is 5. The van der Waals surface area contributed by atoms with Gasteiger partial charge in [0, 0.05) is 13.1 Å². The Morgan fingerprint density at radius 3 is 2.74 bits per heavy atom. The Kier molecular flexibility index (Phi) is 6.58. The Hall–Kier alpha value is -3.42. The van der Waals surface area contributed by atoms with E-state index in [2.05, 4.69) is 15.0 Å². The number of hydrogen-bond donors (Lipinski definition) is 1. The molecule has 2 aliphatic heterocycles. The molecule has 1 unspecified atom stereocenters. The summed E-state index contributed by atoms with van der Waals surface area (Å²) in [5, 5.41) is 12.2. The number of hydrogen-bond acceptors (Lipinski definition) is 5. The highest BCUT2D eigenvalue weighted by atomic mass is 32.1. The molecule has 2 fully saturated rings. The van der Waals surface area contributed by atoms with Crippen molar-refractivity contribution in [1.82, 2.24) is 5.32 Å². The number of nitriles is 1. The zero-order valence-electron chi connectivity index (χ0n) is 17.0. The molecule has 3 rings (SSSR count). The van der Waals surface area contributed by atoms with E-state index in [0.717, 1.165) is 0 Å². The summed E-state index contributed by atoms with van der Waals surface area (Å²) in [5.41, 5.74) is -0.286. The van der Waals surface area contributed by atoms with Crippen molar-refractivity contribution in [2.24, 2.45) is 0 Å². The van der Waals surface area contributed by atoms with Crippen LogP contribution in [0.5, 0.6) is 0 Å². The fraction of sp³-hybridized carbons (Fsp3) is 0.476. The van der Waals surface area contributed by atoms with Gasteiger partial charge in [-0.25, -0.2) is 22.3 Å². The number of piperidine rings is 1. The molecule has 2 atom stereocenters. The van der Waals surface area contributed by atoms with Gasteiger partial charge in [0.05, 0.1) is 42.3 Å². The minimum Gasteiger partial charge on any atom is -0.442 e. The van der Waals surface area contributed by atoms with E-state index < -0.39 is 23.5 Å². The monoisotopic (exact) mass is 440 g/mol. The third-order valence-electron chi connectivity index (χ3n) is 5.65. The summed E-state index contributed by atoms with van der Waals surface area (Å²) in [6.07, 6.45) is -0.301. The molecule has 0 aromatic heterocycles. The second kappa shape index (κ2) is 9.16. The lowest BCUT2D eigenvalue weighted by Gasteiger charge is -2.34. The summed E-state index contributed by atoms with van der Waals surface area (Å²) in [6.45, 7) is 17.8. The van der Waals surface area contributed by atoms with Crippen molar-refractivity contribution in [2.45, 2.75) is 37.5 Å². The molecule has 0 aliphatic carbocycles. The fourth-order valence-corrected chi connectivity index (χ4v) is 3.95. The number of amides is 1. The van der Waals surface area contributed by atoms with Gasteiger partial charge in [0.2, 0.25) is 0 Å². The number of halogens is 1. The minimum atomic E-state index is -1.05. The molecule has 2 saturated heterocycles. The van der Waals surface area contributed by atoms with Gasteiger partial charge < -0.3 is 19.8 Å². The largest absolute Gasteiger partial charge is 0.442 e. The quantitative estimate of drug-likeness (QED) is 0.560. The Labute approximate surface area is 185 Å². The fourth-order valence-electron chi connectivity index (χ4n) is 3.87. The minimum absolute atomic E-state index is 0.288. The summed E-state index contributed by atoms with van der Waals surface area (Å²) >= 11 is 4.96.